The number of benzene rings is 3. The molecule has 0 saturated heterocycles. The lowest BCUT2D eigenvalue weighted by atomic mass is 10.0. The van der Waals surface area contributed by atoms with Crippen molar-refractivity contribution in [3.8, 4) is 0 Å². The fraction of sp³-hybridized carbons (Fsp3) is 0.0476. The Kier molecular flexibility index (Phi) is 5.92. The van der Waals surface area contributed by atoms with Crippen LogP contribution in [0.5, 0.6) is 0 Å². The highest BCUT2D eigenvalue weighted by atomic mass is 35.5. The summed E-state index contributed by atoms with van der Waals surface area (Å²) in [5.41, 5.74) is 0.813. The summed E-state index contributed by atoms with van der Waals surface area (Å²) in [6.45, 7) is 0. The quantitative estimate of drug-likeness (QED) is 0.620. The van der Waals surface area contributed by atoms with E-state index in [1.54, 1.807) is 48.5 Å². The van der Waals surface area contributed by atoms with Gasteiger partial charge in [-0.3, -0.25) is 9.59 Å². The molecule has 0 heterocycles. The van der Waals surface area contributed by atoms with E-state index in [1.807, 2.05) is 0 Å². The molecule has 0 aromatic heterocycles. The van der Waals surface area contributed by atoms with Crippen LogP contribution in [0.25, 0.3) is 0 Å². The van der Waals surface area contributed by atoms with Gasteiger partial charge in [0.25, 0.3) is 0 Å². The van der Waals surface area contributed by atoms with Gasteiger partial charge in [0.15, 0.2) is 15.6 Å². The van der Waals surface area contributed by atoms with Gasteiger partial charge < -0.3 is 5.32 Å². The number of hydrogen-bond acceptors (Lipinski definition) is 4. The topological polar surface area (TPSA) is 80.3 Å². The predicted octanol–water partition coefficient (Wildman–Crippen LogP) is 3.98. The smallest absolute Gasteiger partial charge is 0.239 e. The largest absolute Gasteiger partial charge is 0.325 e. The first kappa shape index (κ1) is 19.8. The van der Waals surface area contributed by atoms with Crippen molar-refractivity contribution in [3.05, 3.63) is 95.0 Å². The number of nitrogens with one attached hydrogen (secondary N) is 1. The van der Waals surface area contributed by atoms with Crippen molar-refractivity contribution in [2.45, 2.75) is 4.90 Å². The Balaban J connectivity index is 1.85. The van der Waals surface area contributed by atoms with Gasteiger partial charge in [-0.15, -0.1) is 0 Å². The standard InChI is InChI=1S/C21H16ClNO4S/c22-16-11-12-19(18(13-16)21(25)15-7-3-1-4-8-15)23-20(24)14-28(26,27)17-9-5-2-6-10-17/h1-13H,14H2,(H,23,24). The number of carbonyl (C=O) groups is 2. The summed E-state index contributed by atoms with van der Waals surface area (Å²) >= 11 is 6.01. The molecule has 5 nitrogen and oxygen atoms in total. The van der Waals surface area contributed by atoms with Crippen molar-refractivity contribution in [3.63, 3.8) is 0 Å². The number of rotatable bonds is 6. The minimum absolute atomic E-state index is 0.0573. The van der Waals surface area contributed by atoms with Gasteiger partial charge in [0.05, 0.1) is 10.6 Å². The molecule has 3 aromatic rings. The number of sulfone groups is 1. The Morgan fingerprint density at radius 3 is 2.11 bits per heavy atom. The third-order valence-corrected chi connectivity index (χ3v) is 5.83. The molecule has 0 spiro atoms. The fourth-order valence-corrected chi connectivity index (χ4v) is 3.96. The third-order valence-electron chi connectivity index (χ3n) is 3.96. The van der Waals surface area contributed by atoms with Crippen LogP contribution in [-0.2, 0) is 14.6 Å². The molecule has 0 saturated carbocycles. The molecule has 0 radical (unpaired) electrons. The summed E-state index contributed by atoms with van der Waals surface area (Å²) < 4.78 is 24.8. The summed E-state index contributed by atoms with van der Waals surface area (Å²) in [5, 5.41) is 2.84. The maximum atomic E-state index is 12.8. The minimum Gasteiger partial charge on any atom is -0.325 e. The molecule has 0 aliphatic rings. The van der Waals surface area contributed by atoms with E-state index in [2.05, 4.69) is 5.32 Å². The molecule has 3 aromatic carbocycles. The molecule has 28 heavy (non-hydrogen) atoms. The first-order chi connectivity index (χ1) is 13.4. The first-order valence-corrected chi connectivity index (χ1v) is 10.4. The Morgan fingerprint density at radius 1 is 0.857 bits per heavy atom. The van der Waals surface area contributed by atoms with Gasteiger partial charge >= 0.3 is 0 Å². The van der Waals surface area contributed by atoms with Crippen LogP contribution in [0.15, 0.2) is 83.8 Å². The van der Waals surface area contributed by atoms with Gasteiger partial charge in [-0.25, -0.2) is 8.42 Å². The zero-order chi connectivity index (χ0) is 20.1. The zero-order valence-electron chi connectivity index (χ0n) is 14.6. The Morgan fingerprint density at radius 2 is 1.46 bits per heavy atom. The summed E-state index contributed by atoms with van der Waals surface area (Å²) in [5.74, 6) is -1.81. The van der Waals surface area contributed by atoms with Crippen LogP contribution in [-0.4, -0.2) is 25.9 Å². The van der Waals surface area contributed by atoms with Gasteiger partial charge in [-0.1, -0.05) is 60.1 Å². The SMILES string of the molecule is O=C(CS(=O)(=O)c1ccccc1)Nc1ccc(Cl)cc1C(=O)c1ccccc1. The molecule has 0 aliphatic carbocycles. The van der Waals surface area contributed by atoms with Crippen LogP contribution >= 0.6 is 11.6 Å². The summed E-state index contributed by atoms with van der Waals surface area (Å²) in [7, 11) is -3.80. The molecule has 1 amide bonds. The van der Waals surface area contributed by atoms with Crippen LogP contribution in [0.4, 0.5) is 5.69 Å². The second kappa shape index (κ2) is 8.37. The van der Waals surface area contributed by atoms with E-state index in [0.717, 1.165) is 0 Å². The molecule has 3 rings (SSSR count). The van der Waals surface area contributed by atoms with Gasteiger partial charge in [-0.05, 0) is 30.3 Å². The third kappa shape index (κ3) is 4.65. The summed E-state index contributed by atoms with van der Waals surface area (Å²) in [4.78, 5) is 25.2. The molecule has 1 N–H and O–H groups in total. The first-order valence-electron chi connectivity index (χ1n) is 8.34. The molecule has 0 fully saturated rings. The molecular formula is C21H16ClNO4S. The van der Waals surface area contributed by atoms with Crippen molar-refractivity contribution in [1.82, 2.24) is 0 Å². The number of anilines is 1. The summed E-state index contributed by atoms with van der Waals surface area (Å²) in [6, 6.07) is 20.7. The van der Waals surface area contributed by atoms with Crippen molar-refractivity contribution >= 4 is 38.8 Å². The van der Waals surface area contributed by atoms with Crippen LogP contribution in [0, 0.1) is 0 Å². The molecule has 7 heteroatoms. The van der Waals surface area contributed by atoms with Crippen LogP contribution in [0.3, 0.4) is 0 Å². The second-order valence-corrected chi connectivity index (χ2v) is 8.43. The highest BCUT2D eigenvalue weighted by molar-refractivity contribution is 7.92. The number of amides is 1. The summed E-state index contributed by atoms with van der Waals surface area (Å²) in [6.07, 6.45) is 0. The second-order valence-electron chi connectivity index (χ2n) is 6.01. The van der Waals surface area contributed by atoms with Crippen LogP contribution in [0.1, 0.15) is 15.9 Å². The van der Waals surface area contributed by atoms with Crippen molar-refractivity contribution < 1.29 is 18.0 Å². The lowest BCUT2D eigenvalue weighted by Gasteiger charge is -2.11. The van der Waals surface area contributed by atoms with Crippen molar-refractivity contribution in [1.29, 1.82) is 0 Å². The monoisotopic (exact) mass is 413 g/mol. The normalized spacial score (nSPS) is 11.0. The molecular weight excluding hydrogens is 398 g/mol. The number of hydrogen-bond donors (Lipinski definition) is 1. The number of halogens is 1. The maximum absolute atomic E-state index is 12.8. The molecule has 0 aliphatic heterocycles. The van der Waals surface area contributed by atoms with E-state index in [9.17, 15) is 18.0 Å². The lowest BCUT2D eigenvalue weighted by molar-refractivity contribution is -0.113. The van der Waals surface area contributed by atoms with E-state index in [1.165, 1.54) is 30.3 Å². The molecule has 0 atom stereocenters. The van der Waals surface area contributed by atoms with Gasteiger partial charge in [0.1, 0.15) is 5.75 Å². The predicted molar refractivity (Wildman–Crippen MR) is 108 cm³/mol. The Labute approximate surface area is 167 Å². The van der Waals surface area contributed by atoms with E-state index in [-0.39, 0.29) is 21.9 Å². The Hall–Kier alpha value is -2.96. The zero-order valence-corrected chi connectivity index (χ0v) is 16.2. The highest BCUT2D eigenvalue weighted by Crippen LogP contribution is 2.24. The van der Waals surface area contributed by atoms with E-state index >= 15 is 0 Å². The molecule has 142 valence electrons. The number of ketones is 1. The van der Waals surface area contributed by atoms with Crippen molar-refractivity contribution in [2.75, 3.05) is 11.1 Å². The maximum Gasteiger partial charge on any atom is 0.239 e. The number of carbonyl (C=O) groups excluding carboxylic acids is 2. The van der Waals surface area contributed by atoms with E-state index < -0.39 is 21.5 Å². The fourth-order valence-electron chi connectivity index (χ4n) is 2.63. The van der Waals surface area contributed by atoms with Gasteiger partial charge in [0.2, 0.25) is 5.91 Å². The average Bonchev–Trinajstić information content (AvgIpc) is 2.70. The average molecular weight is 414 g/mol. The Bertz CT molecular complexity index is 1110. The van der Waals surface area contributed by atoms with E-state index in [0.29, 0.717) is 10.6 Å². The molecule has 0 bridgehead atoms. The minimum atomic E-state index is -3.80. The van der Waals surface area contributed by atoms with Crippen molar-refractivity contribution in [2.24, 2.45) is 0 Å². The van der Waals surface area contributed by atoms with Crippen LogP contribution in [0.2, 0.25) is 5.02 Å². The van der Waals surface area contributed by atoms with Crippen LogP contribution < -0.4 is 5.32 Å². The molecule has 0 unspecified atom stereocenters. The van der Waals surface area contributed by atoms with E-state index in [4.69, 9.17) is 11.6 Å². The van der Waals surface area contributed by atoms with Gasteiger partial charge in [-0.2, -0.15) is 0 Å². The highest BCUT2D eigenvalue weighted by Gasteiger charge is 2.21. The lowest BCUT2D eigenvalue weighted by Crippen LogP contribution is -2.24. The van der Waals surface area contributed by atoms with Gasteiger partial charge in [0, 0.05) is 16.1 Å².